The summed E-state index contributed by atoms with van der Waals surface area (Å²) in [5, 5.41) is 2.69. The molecule has 1 atom stereocenters. The number of esters is 1. The van der Waals surface area contributed by atoms with Crippen LogP contribution in [0.4, 0.5) is 4.79 Å². The van der Waals surface area contributed by atoms with Crippen LogP contribution in [0.2, 0.25) is 0 Å². The van der Waals surface area contributed by atoms with Gasteiger partial charge >= 0.3 is 22.2 Å². The second-order valence-corrected chi connectivity index (χ2v) is 10.4. The lowest BCUT2D eigenvalue weighted by Gasteiger charge is -2.18. The molecule has 37 heavy (non-hydrogen) atoms. The van der Waals surface area contributed by atoms with Crippen LogP contribution in [0.5, 0.6) is 5.75 Å². The second-order valence-electron chi connectivity index (χ2n) is 8.79. The van der Waals surface area contributed by atoms with Gasteiger partial charge in [0.2, 0.25) is 0 Å². The first-order valence-corrected chi connectivity index (χ1v) is 13.8. The maximum absolute atomic E-state index is 12.6. The molecule has 0 heterocycles. The van der Waals surface area contributed by atoms with E-state index in [4.69, 9.17) is 13.7 Å². The van der Waals surface area contributed by atoms with E-state index in [1.165, 1.54) is 12.1 Å². The van der Waals surface area contributed by atoms with E-state index in [1.54, 1.807) is 19.1 Å². The second kappa shape index (κ2) is 11.5. The average Bonchev–Trinajstić information content (AvgIpc) is 3.19. The molecular formula is C28H29NO7S. The molecule has 1 unspecified atom stereocenters. The summed E-state index contributed by atoms with van der Waals surface area (Å²) in [6, 6.07) is 22.5. The fourth-order valence-corrected chi connectivity index (χ4v) is 4.96. The van der Waals surface area contributed by atoms with Gasteiger partial charge < -0.3 is 19.0 Å². The molecule has 0 fully saturated rings. The molecule has 1 aliphatic carbocycles. The van der Waals surface area contributed by atoms with Crippen molar-refractivity contribution in [2.45, 2.75) is 19.3 Å². The molecule has 1 amide bonds. The first kappa shape index (κ1) is 26.2. The summed E-state index contributed by atoms with van der Waals surface area (Å²) in [7, 11) is -3.63. The molecule has 4 rings (SSSR count). The highest BCUT2D eigenvalue weighted by Crippen LogP contribution is 2.44. The smallest absolute Gasteiger partial charge is 0.407 e. The fourth-order valence-electron chi connectivity index (χ4n) is 4.50. The van der Waals surface area contributed by atoms with Crippen molar-refractivity contribution in [2.75, 3.05) is 26.0 Å². The molecule has 3 aromatic carbocycles. The quantitative estimate of drug-likeness (QED) is 0.312. The van der Waals surface area contributed by atoms with E-state index in [0.717, 1.165) is 34.1 Å². The van der Waals surface area contributed by atoms with E-state index in [-0.39, 0.29) is 37.8 Å². The number of carbonyl (C=O) groups is 2. The van der Waals surface area contributed by atoms with Crippen LogP contribution >= 0.6 is 0 Å². The Hall–Kier alpha value is -3.85. The summed E-state index contributed by atoms with van der Waals surface area (Å²) < 4.78 is 38.2. The number of amides is 1. The zero-order chi connectivity index (χ0) is 26.4. The van der Waals surface area contributed by atoms with Crippen LogP contribution in [-0.4, -0.2) is 46.5 Å². The van der Waals surface area contributed by atoms with E-state index in [2.05, 4.69) is 17.4 Å². The minimum atomic E-state index is -3.63. The molecule has 8 nitrogen and oxygen atoms in total. The van der Waals surface area contributed by atoms with Crippen molar-refractivity contribution in [1.29, 1.82) is 0 Å². The summed E-state index contributed by atoms with van der Waals surface area (Å²) in [6.45, 7) is 2.12. The molecule has 0 saturated carbocycles. The highest BCUT2D eigenvalue weighted by molar-refractivity contribution is 7.86. The number of hydrogen-bond acceptors (Lipinski definition) is 7. The van der Waals surface area contributed by atoms with Crippen molar-refractivity contribution in [3.63, 3.8) is 0 Å². The van der Waals surface area contributed by atoms with Gasteiger partial charge in [-0.25, -0.2) is 4.79 Å². The molecule has 0 spiro atoms. The number of carbonyl (C=O) groups excluding carboxylic acids is 2. The number of rotatable bonds is 10. The van der Waals surface area contributed by atoms with E-state index >= 15 is 0 Å². The molecule has 1 aliphatic rings. The third-order valence-electron chi connectivity index (χ3n) is 6.11. The number of nitrogens with one attached hydrogen (secondary N) is 1. The van der Waals surface area contributed by atoms with Gasteiger partial charge in [-0.1, -0.05) is 60.7 Å². The summed E-state index contributed by atoms with van der Waals surface area (Å²) in [5.41, 5.74) is 5.27. The van der Waals surface area contributed by atoms with Crippen molar-refractivity contribution in [3.8, 4) is 16.9 Å². The largest absolute Gasteiger partial charge is 0.466 e. The maximum Gasteiger partial charge on any atom is 0.407 e. The Morgan fingerprint density at radius 1 is 0.892 bits per heavy atom. The molecule has 0 radical (unpaired) electrons. The van der Waals surface area contributed by atoms with Crippen molar-refractivity contribution in [3.05, 3.63) is 89.5 Å². The van der Waals surface area contributed by atoms with Crippen LogP contribution in [0.15, 0.2) is 72.8 Å². The zero-order valence-corrected chi connectivity index (χ0v) is 21.5. The van der Waals surface area contributed by atoms with Gasteiger partial charge in [-0.15, -0.1) is 0 Å². The summed E-state index contributed by atoms with van der Waals surface area (Å²) in [6.07, 6.45) is 0.627. The van der Waals surface area contributed by atoms with E-state index < -0.39 is 28.1 Å². The van der Waals surface area contributed by atoms with Crippen LogP contribution in [0.3, 0.4) is 0 Å². The SMILES string of the molecule is CCOC(=O)C(CNC(=O)OCC1c2ccccc2-c2ccccc21)Cc1ccc(OS(C)(=O)=O)cc1. The van der Waals surface area contributed by atoms with Crippen molar-refractivity contribution in [1.82, 2.24) is 5.32 Å². The van der Waals surface area contributed by atoms with Crippen LogP contribution < -0.4 is 9.50 Å². The van der Waals surface area contributed by atoms with Crippen LogP contribution in [0.1, 0.15) is 29.5 Å². The topological polar surface area (TPSA) is 108 Å². The Kier molecular flexibility index (Phi) is 8.13. The van der Waals surface area contributed by atoms with E-state index in [9.17, 15) is 18.0 Å². The van der Waals surface area contributed by atoms with E-state index in [1.807, 2.05) is 36.4 Å². The maximum atomic E-state index is 12.6. The first-order valence-electron chi connectivity index (χ1n) is 12.0. The number of ether oxygens (including phenoxy) is 2. The van der Waals surface area contributed by atoms with Crippen LogP contribution in [-0.2, 0) is 30.8 Å². The minimum absolute atomic E-state index is 0.0249. The Morgan fingerprint density at radius 3 is 2.05 bits per heavy atom. The predicted octanol–water partition coefficient (Wildman–Crippen LogP) is 4.29. The third kappa shape index (κ3) is 6.68. The number of hydrogen-bond donors (Lipinski definition) is 1. The molecule has 0 aromatic heterocycles. The highest BCUT2D eigenvalue weighted by Gasteiger charge is 2.29. The third-order valence-corrected chi connectivity index (χ3v) is 6.60. The fraction of sp³-hybridized carbons (Fsp3) is 0.286. The van der Waals surface area contributed by atoms with Gasteiger partial charge in [-0.05, 0) is 53.3 Å². The summed E-state index contributed by atoms with van der Waals surface area (Å²) in [5.74, 6) is -0.984. The predicted molar refractivity (Wildman–Crippen MR) is 139 cm³/mol. The molecule has 0 bridgehead atoms. The van der Waals surface area contributed by atoms with Gasteiger partial charge in [0.25, 0.3) is 0 Å². The van der Waals surface area contributed by atoms with Gasteiger partial charge in [-0.2, -0.15) is 8.42 Å². The van der Waals surface area contributed by atoms with Gasteiger partial charge in [-0.3, -0.25) is 4.79 Å². The van der Waals surface area contributed by atoms with Crippen LogP contribution in [0.25, 0.3) is 11.1 Å². The Labute approximate surface area is 216 Å². The van der Waals surface area contributed by atoms with Gasteiger partial charge in [0.15, 0.2) is 0 Å². The molecule has 194 valence electrons. The molecule has 3 aromatic rings. The number of fused-ring (bicyclic) bond motifs is 3. The standard InChI is InChI=1S/C28H29NO7S/c1-3-34-27(30)20(16-19-12-14-21(15-13-19)36-37(2,32)33)17-29-28(31)35-18-26-24-10-6-4-8-22(24)23-9-5-7-11-25(23)26/h4-15,20,26H,3,16-18H2,1-2H3,(H,29,31). The summed E-state index contributed by atoms with van der Waals surface area (Å²) in [4.78, 5) is 25.1. The Morgan fingerprint density at radius 2 is 1.49 bits per heavy atom. The Balaban J connectivity index is 1.36. The number of benzene rings is 3. The lowest BCUT2D eigenvalue weighted by Crippen LogP contribution is -2.35. The lowest BCUT2D eigenvalue weighted by molar-refractivity contribution is -0.147. The highest BCUT2D eigenvalue weighted by atomic mass is 32.2. The molecular weight excluding hydrogens is 494 g/mol. The van der Waals surface area contributed by atoms with E-state index in [0.29, 0.717) is 0 Å². The zero-order valence-electron chi connectivity index (χ0n) is 20.7. The Bertz CT molecular complexity index is 1320. The average molecular weight is 524 g/mol. The molecule has 0 saturated heterocycles. The van der Waals surface area contributed by atoms with Crippen LogP contribution in [0, 0.1) is 5.92 Å². The van der Waals surface area contributed by atoms with Gasteiger partial charge in [0.05, 0.1) is 18.8 Å². The van der Waals surface area contributed by atoms with Crippen molar-refractivity contribution >= 4 is 22.2 Å². The lowest BCUT2D eigenvalue weighted by atomic mass is 9.98. The number of alkyl carbamates (subject to hydrolysis) is 1. The molecule has 9 heteroatoms. The first-order chi connectivity index (χ1) is 17.7. The molecule has 1 N–H and O–H groups in total. The monoisotopic (exact) mass is 523 g/mol. The van der Waals surface area contributed by atoms with Crippen molar-refractivity contribution in [2.24, 2.45) is 5.92 Å². The summed E-state index contributed by atoms with van der Waals surface area (Å²) >= 11 is 0. The van der Waals surface area contributed by atoms with Gasteiger partial charge in [0.1, 0.15) is 12.4 Å². The molecule has 0 aliphatic heterocycles. The van der Waals surface area contributed by atoms with Crippen molar-refractivity contribution < 1.29 is 31.7 Å². The van der Waals surface area contributed by atoms with Gasteiger partial charge in [0, 0.05) is 12.5 Å². The normalized spacial score (nSPS) is 13.2. The minimum Gasteiger partial charge on any atom is -0.466 e.